The van der Waals surface area contributed by atoms with E-state index in [4.69, 9.17) is 32.0 Å². The molecule has 0 heterocycles. The Labute approximate surface area is 845 Å². The van der Waals surface area contributed by atoms with Gasteiger partial charge < -0.3 is 78.8 Å². The average Bonchev–Trinajstić information content (AvgIpc) is 0.835. The number of aryl methyl sites for hydroxylation is 4. The molecule has 0 spiro atoms. The molecular weight excluding hydrogens is 1800 g/mol. The smallest absolute Gasteiger partial charge is 0.229 e. The molecular formula is C116H159ClN8O16. The topological polar surface area (TPSA) is 312 Å². The van der Waals surface area contributed by atoms with E-state index in [1.54, 1.807) is 93.2 Å². The van der Waals surface area contributed by atoms with Crippen LogP contribution >= 0.6 is 11.6 Å². The number of Topliss-reactive ketones (excluding diaryl/α,β-unsaturated/α-hetero) is 4. The number of hydrogen-bond acceptors (Lipinski definition) is 16. The SMILES string of the molecule is C=C(O)CCCC(=O)N(C)c1ccc(C)cc1.C=C(O)CCCC(=O)N(C)c1ccccc1C.C=C(O)CCCC(=O)N(CC)c1ccccc1.C=C(O)CCCC(=O)N(c1ccccc1)C(C)C.CC(=O)CCCCC(=O)N(C)c1ccc(C)cc1.CCN(C(=O)C(C)CCC(C)=O)c1ccccc1.CCN(C(=O)CCC(C)=O)c1ccccc1C.CCN(C(=O)CCCCC(C)=O)c1ccc(Cl)cc1. The minimum Gasteiger partial charge on any atom is -0.513 e. The number of amides is 8. The van der Waals surface area contributed by atoms with Crippen molar-refractivity contribution < 1.29 is 78.0 Å². The molecule has 8 amide bonds. The highest BCUT2D eigenvalue weighted by Crippen LogP contribution is 2.27. The Morgan fingerprint density at radius 2 is 0.567 bits per heavy atom. The van der Waals surface area contributed by atoms with E-state index in [1.165, 1.54) is 18.1 Å². The lowest BCUT2D eigenvalue weighted by molar-refractivity contribution is -0.123. The van der Waals surface area contributed by atoms with Crippen molar-refractivity contribution in [2.45, 2.75) is 264 Å². The summed E-state index contributed by atoms with van der Waals surface area (Å²) >= 11 is 5.84. The fraction of sp³-hybridized carbons (Fsp3) is 0.414. The third-order valence-corrected chi connectivity index (χ3v) is 22.4. The Morgan fingerprint density at radius 1 is 0.284 bits per heavy atom. The van der Waals surface area contributed by atoms with Gasteiger partial charge in [-0.05, 0) is 263 Å². The van der Waals surface area contributed by atoms with Crippen molar-refractivity contribution >= 4 is 127 Å². The van der Waals surface area contributed by atoms with Gasteiger partial charge in [-0.1, -0.05) is 171 Å². The van der Waals surface area contributed by atoms with E-state index in [0.717, 1.165) is 82.3 Å². The van der Waals surface area contributed by atoms with E-state index in [1.807, 2.05) is 276 Å². The quantitative estimate of drug-likeness (QED) is 0.0203. The molecule has 0 aromatic heterocycles. The molecule has 0 aliphatic rings. The Kier molecular flexibility index (Phi) is 64.2. The number of nitrogens with zero attached hydrogens (tertiary/aromatic N) is 8. The molecule has 0 bridgehead atoms. The van der Waals surface area contributed by atoms with Gasteiger partial charge in [-0.2, -0.15) is 0 Å². The van der Waals surface area contributed by atoms with Crippen molar-refractivity contribution in [3.05, 3.63) is 289 Å². The monoisotopic (exact) mass is 1960 g/mol. The van der Waals surface area contributed by atoms with Crippen LogP contribution < -0.4 is 39.2 Å². The van der Waals surface area contributed by atoms with Crippen LogP contribution in [-0.2, 0) is 57.5 Å². The maximum Gasteiger partial charge on any atom is 0.229 e. The van der Waals surface area contributed by atoms with Crippen LogP contribution in [0.25, 0.3) is 0 Å². The largest absolute Gasteiger partial charge is 0.513 e. The second-order valence-electron chi connectivity index (χ2n) is 34.8. The fourth-order valence-corrected chi connectivity index (χ4v) is 14.2. The van der Waals surface area contributed by atoms with Crippen molar-refractivity contribution in [3.8, 4) is 0 Å². The van der Waals surface area contributed by atoms with Gasteiger partial charge in [0.1, 0.15) is 23.1 Å². The van der Waals surface area contributed by atoms with Crippen molar-refractivity contribution in [2.24, 2.45) is 5.92 Å². The summed E-state index contributed by atoms with van der Waals surface area (Å²) in [5.74, 6) is 1.55. The molecule has 0 aliphatic carbocycles. The number of allylic oxidation sites excluding steroid dienone is 4. The fourth-order valence-electron chi connectivity index (χ4n) is 14.1. The number of hydrogen-bond donors (Lipinski definition) is 4. The second kappa shape index (κ2) is 72.0. The summed E-state index contributed by atoms with van der Waals surface area (Å²) in [6.45, 7) is 44.1. The number of benzene rings is 8. The summed E-state index contributed by atoms with van der Waals surface area (Å²) in [6, 6.07) is 67.5. The number of para-hydroxylation sites is 5. The lowest BCUT2D eigenvalue weighted by atomic mass is 10.0. The zero-order chi connectivity index (χ0) is 106. The van der Waals surface area contributed by atoms with E-state index in [9.17, 15) is 57.5 Å². The molecule has 1 atom stereocenters. The number of anilines is 8. The standard InChI is InChI=1S/C15H20ClNO2.3C15H21NO2.4C14H19NO2/c1-3-17(14-10-8-13(16)9-11-14)15(19)7-5-4-6-12(2)18;1-12(2)16(14-9-5-4-6-10-14)15(18)11-7-8-13(3)17;1-12-8-10-14(11-9-12)16(3)15(18)7-5-4-6-13(2)17;1-4-16(14-8-6-5-7-9-14)15(18)12(2)10-11-13(3)17;1-11-7-4-5-9-13(11)15(3)14(17)10-6-8-12(2)16;1-11-7-9-13(10-8-11)15(3)14(17)6-4-5-12(2)16;1-4-15(14(17)10-9-12(3)16)13-8-6-5-7-11(13)2;1-3-15(13-9-5-4-6-10-13)14(17)11-7-8-12(2)16/h8-11H,3-7H2,1-2H3;4-6,9-10,12,17H,3,7-8,11H2,1-2H3;8-11H,4-7H2,1-3H3;5-9,12H,4,10-11H2,1-3H3;4-5,7,9,16H,2,6,8,10H2,1,3H3;7-10,16H,2,4-6H2,1,3H3;5-8H,4,9-10H2,1-3H3;4-6,9-10,16H,2-3,7-8,11H2,1H3. The molecule has 4 N–H and O–H groups in total. The Balaban J connectivity index is 0.000000806. The highest BCUT2D eigenvalue weighted by molar-refractivity contribution is 6.30. The van der Waals surface area contributed by atoms with Crippen LogP contribution in [0.2, 0.25) is 5.02 Å². The summed E-state index contributed by atoms with van der Waals surface area (Å²) in [7, 11) is 5.33. The number of ketones is 4. The van der Waals surface area contributed by atoms with Gasteiger partial charge in [0.05, 0.1) is 23.0 Å². The number of carbonyl (C=O) groups excluding carboxylic acids is 12. The van der Waals surface area contributed by atoms with Gasteiger partial charge in [0, 0.05) is 206 Å². The highest BCUT2D eigenvalue weighted by Gasteiger charge is 2.24. The first-order chi connectivity index (χ1) is 66.8. The molecule has 141 heavy (non-hydrogen) atoms. The van der Waals surface area contributed by atoms with E-state index in [0.29, 0.717) is 153 Å². The molecule has 8 aromatic carbocycles. The number of aliphatic hydroxyl groups is 4. The first-order valence-electron chi connectivity index (χ1n) is 48.8. The molecule has 1 unspecified atom stereocenters. The number of carbonyl (C=O) groups is 12. The minimum absolute atomic E-state index is 0.0111. The van der Waals surface area contributed by atoms with Crippen LogP contribution in [0.3, 0.4) is 0 Å². The molecule has 24 nitrogen and oxygen atoms in total. The van der Waals surface area contributed by atoms with Gasteiger partial charge in [-0.3, -0.25) is 38.4 Å². The van der Waals surface area contributed by atoms with E-state index >= 15 is 0 Å². The van der Waals surface area contributed by atoms with Crippen molar-refractivity contribution in [3.63, 3.8) is 0 Å². The molecule has 0 aliphatic heterocycles. The Hall–Kier alpha value is -13.4. The number of rotatable bonds is 46. The predicted octanol–water partition coefficient (Wildman–Crippen LogP) is 26.1. The lowest BCUT2D eigenvalue weighted by Crippen LogP contribution is -2.36. The minimum atomic E-state index is -0.117. The van der Waals surface area contributed by atoms with Crippen molar-refractivity contribution in [2.75, 3.05) is 86.5 Å². The normalized spacial score (nSPS) is 10.4. The van der Waals surface area contributed by atoms with E-state index < -0.39 is 0 Å². The molecule has 25 heteroatoms. The number of halogens is 1. The Bertz CT molecular complexity index is 5150. The molecule has 8 aromatic rings. The predicted molar refractivity (Wildman–Crippen MR) is 580 cm³/mol. The van der Waals surface area contributed by atoms with Crippen LogP contribution in [0.15, 0.2) is 262 Å². The van der Waals surface area contributed by atoms with Gasteiger partial charge >= 0.3 is 0 Å². The lowest BCUT2D eigenvalue weighted by Gasteiger charge is -2.27. The number of aliphatic hydroxyl groups excluding tert-OH is 4. The summed E-state index contributed by atoms with van der Waals surface area (Å²) in [5.41, 5.74) is 11.8. The summed E-state index contributed by atoms with van der Waals surface area (Å²) in [6.07, 6.45) is 13.0. The molecule has 0 saturated heterocycles. The van der Waals surface area contributed by atoms with Crippen LogP contribution in [-0.4, -0.2) is 144 Å². The van der Waals surface area contributed by atoms with Crippen molar-refractivity contribution in [1.82, 2.24) is 0 Å². The molecule has 766 valence electrons. The summed E-state index contributed by atoms with van der Waals surface area (Å²) in [5, 5.41) is 36.5. The van der Waals surface area contributed by atoms with Crippen LogP contribution in [0, 0.1) is 33.6 Å². The zero-order valence-corrected chi connectivity index (χ0v) is 87.9. The zero-order valence-electron chi connectivity index (χ0n) is 87.1. The van der Waals surface area contributed by atoms with Crippen LogP contribution in [0.1, 0.15) is 253 Å². The van der Waals surface area contributed by atoms with Crippen LogP contribution in [0.4, 0.5) is 45.5 Å². The highest BCUT2D eigenvalue weighted by atomic mass is 35.5. The maximum atomic E-state index is 12.3. The molecule has 0 saturated carbocycles. The van der Waals surface area contributed by atoms with Gasteiger partial charge in [0.2, 0.25) is 47.3 Å². The van der Waals surface area contributed by atoms with E-state index in [2.05, 4.69) is 26.3 Å². The third kappa shape index (κ3) is 54.1. The van der Waals surface area contributed by atoms with Gasteiger partial charge in [0.15, 0.2) is 0 Å². The van der Waals surface area contributed by atoms with Gasteiger partial charge in [-0.15, -0.1) is 0 Å². The van der Waals surface area contributed by atoms with E-state index in [-0.39, 0.29) is 112 Å². The first-order valence-corrected chi connectivity index (χ1v) is 49.2. The third-order valence-electron chi connectivity index (χ3n) is 22.2. The molecule has 0 radical (unpaired) electrons. The van der Waals surface area contributed by atoms with Crippen molar-refractivity contribution in [1.29, 1.82) is 0 Å². The first kappa shape index (κ1) is 126. The van der Waals surface area contributed by atoms with Crippen LogP contribution in [0.5, 0.6) is 0 Å². The Morgan fingerprint density at radius 3 is 0.915 bits per heavy atom. The number of unbranched alkanes of at least 4 members (excludes halogenated alkanes) is 2. The molecule has 8 rings (SSSR count). The summed E-state index contributed by atoms with van der Waals surface area (Å²) < 4.78 is 0. The molecule has 0 fully saturated rings. The average molecular weight is 1960 g/mol. The van der Waals surface area contributed by atoms with Gasteiger partial charge in [0.25, 0.3) is 0 Å². The second-order valence-corrected chi connectivity index (χ2v) is 35.2. The van der Waals surface area contributed by atoms with Gasteiger partial charge in [-0.25, -0.2) is 0 Å². The maximum absolute atomic E-state index is 12.3. The summed E-state index contributed by atoms with van der Waals surface area (Å²) in [4.78, 5) is 153.